The van der Waals surface area contributed by atoms with E-state index in [9.17, 15) is 27.5 Å². The minimum Gasteiger partial charge on any atom is -0.494 e. The SMILES string of the molecule is CN/C=C1/C=C(C(=O)NC[C@](O)(c2cc3c(c(-c4ccc(F)cc4)n2)OC[C@H]3C)C(F)(F)F)C=C(OC)C1=N. The number of methoxy groups -OCH3 is 1. The summed E-state index contributed by atoms with van der Waals surface area (Å²) in [5.74, 6) is -1.49. The summed E-state index contributed by atoms with van der Waals surface area (Å²) in [7, 11) is 2.88. The van der Waals surface area contributed by atoms with E-state index < -0.39 is 35.7 Å². The van der Waals surface area contributed by atoms with Crippen molar-refractivity contribution in [3.05, 3.63) is 82.7 Å². The number of amides is 1. The van der Waals surface area contributed by atoms with Crippen LogP contribution in [0, 0.1) is 11.2 Å². The first-order valence-electron chi connectivity index (χ1n) is 11.8. The zero-order chi connectivity index (χ0) is 28.5. The number of carbonyl (C=O) groups excluding carboxylic acids is 1. The van der Waals surface area contributed by atoms with Crippen LogP contribution in [0.25, 0.3) is 11.3 Å². The third-order valence-corrected chi connectivity index (χ3v) is 6.44. The number of fused-ring (bicyclic) bond motifs is 1. The fraction of sp³-hybridized carbons (Fsp3) is 0.296. The monoisotopic (exact) mass is 546 g/mol. The average Bonchev–Trinajstić information content (AvgIpc) is 3.28. The van der Waals surface area contributed by atoms with E-state index in [1.807, 2.05) is 0 Å². The average molecular weight is 547 g/mol. The van der Waals surface area contributed by atoms with Crippen LogP contribution in [0.4, 0.5) is 17.6 Å². The van der Waals surface area contributed by atoms with Gasteiger partial charge in [0, 0.05) is 41.4 Å². The van der Waals surface area contributed by atoms with Gasteiger partial charge in [0.2, 0.25) is 5.60 Å². The highest BCUT2D eigenvalue weighted by Gasteiger charge is 2.57. The predicted octanol–water partition coefficient (Wildman–Crippen LogP) is 3.84. The van der Waals surface area contributed by atoms with Gasteiger partial charge in [-0.25, -0.2) is 9.37 Å². The summed E-state index contributed by atoms with van der Waals surface area (Å²) >= 11 is 0. The zero-order valence-corrected chi connectivity index (χ0v) is 21.2. The number of aromatic nitrogens is 1. The van der Waals surface area contributed by atoms with Crippen molar-refractivity contribution in [3.8, 4) is 17.0 Å². The van der Waals surface area contributed by atoms with Crippen LogP contribution in [0.5, 0.6) is 5.75 Å². The minimum absolute atomic E-state index is 0.0175. The molecule has 4 N–H and O–H groups in total. The lowest BCUT2D eigenvalue weighted by Crippen LogP contribution is -2.51. The molecule has 0 saturated heterocycles. The fourth-order valence-corrected chi connectivity index (χ4v) is 4.23. The van der Waals surface area contributed by atoms with Crippen molar-refractivity contribution in [2.45, 2.75) is 24.6 Å². The number of nitrogens with zero attached hydrogens (tertiary/aromatic N) is 1. The van der Waals surface area contributed by atoms with Crippen LogP contribution in [-0.2, 0) is 15.1 Å². The van der Waals surface area contributed by atoms with E-state index in [4.69, 9.17) is 14.9 Å². The van der Waals surface area contributed by atoms with Crippen LogP contribution in [0.1, 0.15) is 24.1 Å². The third-order valence-electron chi connectivity index (χ3n) is 6.44. The molecule has 39 heavy (non-hydrogen) atoms. The molecule has 0 spiro atoms. The lowest BCUT2D eigenvalue weighted by atomic mass is 9.92. The second kappa shape index (κ2) is 10.5. The number of benzene rings is 1. The fourth-order valence-electron chi connectivity index (χ4n) is 4.23. The van der Waals surface area contributed by atoms with E-state index in [1.54, 1.807) is 14.0 Å². The van der Waals surface area contributed by atoms with E-state index in [-0.39, 0.29) is 46.6 Å². The summed E-state index contributed by atoms with van der Waals surface area (Å²) in [6, 6.07) is 6.11. The molecule has 1 aliphatic carbocycles. The number of pyridine rings is 1. The first-order chi connectivity index (χ1) is 18.4. The number of allylic oxidation sites excluding steroid dienone is 2. The van der Waals surface area contributed by atoms with Crippen LogP contribution in [0.2, 0.25) is 0 Å². The molecule has 0 radical (unpaired) electrons. The maximum absolute atomic E-state index is 14.4. The normalized spacial score (nSPS) is 19.4. The Morgan fingerprint density at radius 1 is 1.28 bits per heavy atom. The summed E-state index contributed by atoms with van der Waals surface area (Å²) in [4.78, 5) is 17.0. The van der Waals surface area contributed by atoms with Gasteiger partial charge in [0.25, 0.3) is 5.91 Å². The molecule has 1 aromatic carbocycles. The van der Waals surface area contributed by atoms with Crippen molar-refractivity contribution >= 4 is 11.6 Å². The van der Waals surface area contributed by atoms with E-state index >= 15 is 0 Å². The highest BCUT2D eigenvalue weighted by molar-refractivity contribution is 6.15. The number of ether oxygens (including phenoxy) is 2. The largest absolute Gasteiger partial charge is 0.494 e. The Labute approximate surface area is 221 Å². The van der Waals surface area contributed by atoms with E-state index in [0.717, 1.165) is 18.2 Å². The van der Waals surface area contributed by atoms with Gasteiger partial charge in [-0.2, -0.15) is 13.2 Å². The molecule has 0 fully saturated rings. The molecule has 0 bridgehead atoms. The Balaban J connectivity index is 1.73. The van der Waals surface area contributed by atoms with Gasteiger partial charge in [-0.3, -0.25) is 10.2 Å². The summed E-state index contributed by atoms with van der Waals surface area (Å²) in [6.45, 7) is 0.687. The first kappa shape index (κ1) is 27.8. The van der Waals surface area contributed by atoms with Gasteiger partial charge in [-0.05, 0) is 42.5 Å². The van der Waals surface area contributed by atoms with E-state index in [0.29, 0.717) is 11.1 Å². The maximum Gasteiger partial charge on any atom is 0.424 e. The quantitative estimate of drug-likeness (QED) is 0.392. The van der Waals surface area contributed by atoms with E-state index in [2.05, 4.69) is 15.6 Å². The van der Waals surface area contributed by atoms with Crippen molar-refractivity contribution in [1.82, 2.24) is 15.6 Å². The molecule has 2 aromatic rings. The molecule has 1 aromatic heterocycles. The Hall–Kier alpha value is -4.19. The van der Waals surface area contributed by atoms with Crippen molar-refractivity contribution in [2.24, 2.45) is 0 Å². The lowest BCUT2D eigenvalue weighted by molar-refractivity contribution is -0.265. The van der Waals surface area contributed by atoms with Gasteiger partial charge in [-0.1, -0.05) is 6.92 Å². The Morgan fingerprint density at radius 2 is 1.97 bits per heavy atom. The summed E-state index contributed by atoms with van der Waals surface area (Å²) in [5.41, 5.74) is -3.44. The van der Waals surface area contributed by atoms with Gasteiger partial charge in [-0.15, -0.1) is 0 Å². The van der Waals surface area contributed by atoms with Gasteiger partial charge in [0.05, 0.1) is 26.0 Å². The number of carbonyl (C=O) groups is 1. The van der Waals surface area contributed by atoms with Crippen molar-refractivity contribution in [3.63, 3.8) is 0 Å². The topological polar surface area (TPSA) is 117 Å². The Morgan fingerprint density at radius 3 is 2.59 bits per heavy atom. The molecule has 4 rings (SSSR count). The minimum atomic E-state index is -5.24. The van der Waals surface area contributed by atoms with Gasteiger partial charge in [0.1, 0.15) is 28.7 Å². The van der Waals surface area contributed by atoms with Crippen LogP contribution in [0.15, 0.2) is 65.6 Å². The molecule has 12 heteroatoms. The molecular weight excluding hydrogens is 520 g/mol. The number of rotatable bonds is 7. The second-order valence-corrected chi connectivity index (χ2v) is 9.11. The first-order valence-corrected chi connectivity index (χ1v) is 11.8. The maximum atomic E-state index is 14.4. The molecule has 206 valence electrons. The highest BCUT2D eigenvalue weighted by Crippen LogP contribution is 2.45. The molecule has 1 aliphatic heterocycles. The highest BCUT2D eigenvalue weighted by atomic mass is 19.4. The van der Waals surface area contributed by atoms with Gasteiger partial charge in [0.15, 0.2) is 0 Å². The lowest BCUT2D eigenvalue weighted by Gasteiger charge is -2.31. The zero-order valence-electron chi connectivity index (χ0n) is 21.2. The van der Waals surface area contributed by atoms with E-state index in [1.165, 1.54) is 37.6 Å². The van der Waals surface area contributed by atoms with Crippen LogP contribution >= 0.6 is 0 Å². The molecule has 2 aliphatic rings. The van der Waals surface area contributed by atoms with Crippen molar-refractivity contribution in [1.29, 1.82) is 5.41 Å². The molecular formula is C27H26F4N4O4. The smallest absolute Gasteiger partial charge is 0.424 e. The van der Waals surface area contributed by atoms with Crippen molar-refractivity contribution < 1.29 is 36.9 Å². The number of nitrogens with one attached hydrogen (secondary N) is 3. The molecule has 8 nitrogen and oxygen atoms in total. The third kappa shape index (κ3) is 5.24. The molecule has 2 heterocycles. The summed E-state index contributed by atoms with van der Waals surface area (Å²) in [5, 5.41) is 24.0. The Bertz CT molecular complexity index is 1400. The molecule has 2 atom stereocenters. The van der Waals surface area contributed by atoms with Crippen LogP contribution < -0.4 is 15.4 Å². The number of aliphatic hydroxyl groups is 1. The summed E-state index contributed by atoms with van der Waals surface area (Å²) in [6.07, 6.45) is -1.28. The molecule has 1 amide bonds. The second-order valence-electron chi connectivity index (χ2n) is 9.11. The number of halogens is 4. The number of hydrogen-bond donors (Lipinski definition) is 4. The standard InChI is InChI=1S/C27H26F4N4O4/c1-14-12-39-24-19(14)10-21(35-23(24)15-4-6-18(28)7-5-15)26(37,27(29,30)31)13-34-25(36)16-8-17(11-33-2)22(32)20(9-16)38-3/h4-11,14,32-33,37H,12-13H2,1-3H3,(H,34,36)/b17-11-,32-22?/t14-,26+/m1/s1. The summed E-state index contributed by atoms with van der Waals surface area (Å²) < 4.78 is 67.6. The van der Waals surface area contributed by atoms with Crippen molar-refractivity contribution in [2.75, 3.05) is 27.3 Å². The molecule has 0 unspecified atom stereocenters. The predicted molar refractivity (Wildman–Crippen MR) is 135 cm³/mol. The number of alkyl halides is 3. The number of hydrogen-bond acceptors (Lipinski definition) is 7. The molecule has 0 saturated carbocycles. The van der Waals surface area contributed by atoms with Crippen LogP contribution in [-0.4, -0.2) is 55.2 Å². The van der Waals surface area contributed by atoms with Gasteiger partial charge < -0.3 is 25.2 Å². The Kier molecular flexibility index (Phi) is 7.51. The van der Waals surface area contributed by atoms with Crippen LogP contribution in [0.3, 0.4) is 0 Å². The van der Waals surface area contributed by atoms with Gasteiger partial charge >= 0.3 is 6.18 Å².